The Hall–Kier alpha value is -1.38. The van der Waals surface area contributed by atoms with E-state index in [0.29, 0.717) is 12.1 Å². The maximum atomic E-state index is 13.3. The zero-order chi connectivity index (χ0) is 10.6. The lowest BCUT2D eigenvalue weighted by molar-refractivity contribution is 0.489. The van der Waals surface area contributed by atoms with Crippen LogP contribution in [-0.2, 0) is 0 Å². The zero-order valence-electron chi connectivity index (χ0n) is 8.06. The third kappa shape index (κ3) is 2.31. The van der Waals surface area contributed by atoms with Crippen LogP contribution in [0.4, 0.5) is 8.78 Å². The van der Waals surface area contributed by atoms with Gasteiger partial charge >= 0.3 is 0 Å². The summed E-state index contributed by atoms with van der Waals surface area (Å²) in [5.74, 6) is -1.64. The highest BCUT2D eigenvalue weighted by Gasteiger charge is 2.13. The lowest BCUT2D eigenvalue weighted by atomic mass is 10.0. The molecule has 1 aromatic carbocycles. The molecule has 0 radical (unpaired) electrons. The van der Waals surface area contributed by atoms with Gasteiger partial charge in [0.2, 0.25) is 0 Å². The van der Waals surface area contributed by atoms with Crippen molar-refractivity contribution < 1.29 is 8.78 Å². The topological polar surface area (TPSA) is 12.0 Å². The van der Waals surface area contributed by atoms with E-state index in [4.69, 9.17) is 0 Å². The van der Waals surface area contributed by atoms with Crippen LogP contribution in [0.25, 0.3) is 0 Å². The number of nitrogens with one attached hydrogen (secondary N) is 1. The van der Waals surface area contributed by atoms with Crippen LogP contribution in [0.2, 0.25) is 0 Å². The molecule has 0 aliphatic heterocycles. The Morgan fingerprint density at radius 1 is 1.50 bits per heavy atom. The molecule has 0 fully saturated rings. The van der Waals surface area contributed by atoms with E-state index < -0.39 is 11.6 Å². The van der Waals surface area contributed by atoms with Gasteiger partial charge in [0.1, 0.15) is 0 Å². The lowest BCUT2D eigenvalue weighted by Crippen LogP contribution is -2.15. The molecular formula is C11H13F2N. The summed E-state index contributed by atoms with van der Waals surface area (Å²) in [6.07, 6.45) is 1.54. The average Bonchev–Trinajstić information content (AvgIpc) is 2.18. The van der Waals surface area contributed by atoms with Gasteiger partial charge in [0.25, 0.3) is 0 Å². The smallest absolute Gasteiger partial charge is 0.162 e. The Balaban J connectivity index is 2.83. The van der Waals surface area contributed by atoms with Gasteiger partial charge < -0.3 is 5.32 Å². The maximum absolute atomic E-state index is 13.3. The standard InChI is InChI=1S/C11H13F2N/c1-3-14-7-8(2)9-5-4-6-10(12)11(9)13/h3-6,8,14H,1,7H2,2H3. The number of hydrogen-bond donors (Lipinski definition) is 1. The molecule has 0 saturated carbocycles. The summed E-state index contributed by atoms with van der Waals surface area (Å²) in [5, 5.41) is 2.87. The summed E-state index contributed by atoms with van der Waals surface area (Å²) in [6.45, 7) is 5.86. The first-order chi connectivity index (χ1) is 6.66. The summed E-state index contributed by atoms with van der Waals surface area (Å²) >= 11 is 0. The Morgan fingerprint density at radius 3 is 2.86 bits per heavy atom. The summed E-state index contributed by atoms with van der Waals surface area (Å²) in [4.78, 5) is 0. The predicted molar refractivity (Wildman–Crippen MR) is 53.0 cm³/mol. The van der Waals surface area contributed by atoms with Gasteiger partial charge in [-0.25, -0.2) is 8.78 Å². The van der Waals surface area contributed by atoms with Crippen molar-refractivity contribution in [1.29, 1.82) is 0 Å². The lowest BCUT2D eigenvalue weighted by Gasteiger charge is -2.12. The van der Waals surface area contributed by atoms with E-state index in [2.05, 4.69) is 11.9 Å². The van der Waals surface area contributed by atoms with E-state index in [1.54, 1.807) is 6.07 Å². The number of hydrogen-bond acceptors (Lipinski definition) is 1. The van der Waals surface area contributed by atoms with Gasteiger partial charge in [-0.1, -0.05) is 25.6 Å². The van der Waals surface area contributed by atoms with Gasteiger partial charge in [0, 0.05) is 12.5 Å². The Bertz CT molecular complexity index is 323. The van der Waals surface area contributed by atoms with Gasteiger partial charge in [0.15, 0.2) is 11.6 Å². The molecule has 0 bridgehead atoms. The number of halogens is 2. The summed E-state index contributed by atoms with van der Waals surface area (Å²) in [7, 11) is 0. The van der Waals surface area contributed by atoms with Gasteiger partial charge in [-0.15, -0.1) is 0 Å². The van der Waals surface area contributed by atoms with Crippen molar-refractivity contribution >= 4 is 0 Å². The molecule has 0 heterocycles. The minimum atomic E-state index is -0.798. The second-order valence-corrected chi connectivity index (χ2v) is 3.16. The molecule has 0 spiro atoms. The predicted octanol–water partition coefficient (Wildman–Crippen LogP) is 2.80. The molecule has 0 aliphatic rings. The van der Waals surface area contributed by atoms with Crippen LogP contribution in [0.15, 0.2) is 31.0 Å². The summed E-state index contributed by atoms with van der Waals surface area (Å²) in [5.41, 5.74) is 0.388. The molecule has 1 atom stereocenters. The molecule has 3 heteroatoms. The van der Waals surface area contributed by atoms with Gasteiger partial charge in [-0.3, -0.25) is 0 Å². The molecular weight excluding hydrogens is 184 g/mol. The van der Waals surface area contributed by atoms with Crippen molar-refractivity contribution in [2.24, 2.45) is 0 Å². The minimum Gasteiger partial charge on any atom is -0.391 e. The third-order valence-corrected chi connectivity index (χ3v) is 2.08. The molecule has 1 rings (SSSR count). The maximum Gasteiger partial charge on any atom is 0.162 e. The minimum absolute atomic E-state index is 0.0799. The van der Waals surface area contributed by atoms with Crippen LogP contribution in [0.5, 0.6) is 0 Å². The first-order valence-corrected chi connectivity index (χ1v) is 4.45. The normalized spacial score (nSPS) is 12.2. The fraction of sp³-hybridized carbons (Fsp3) is 0.273. The van der Waals surface area contributed by atoms with Crippen molar-refractivity contribution in [1.82, 2.24) is 5.32 Å². The highest BCUT2D eigenvalue weighted by molar-refractivity contribution is 5.22. The molecule has 1 aromatic rings. The Labute approximate surface area is 82.4 Å². The summed E-state index contributed by atoms with van der Waals surface area (Å²) < 4.78 is 26.1. The quantitative estimate of drug-likeness (QED) is 0.782. The first kappa shape index (κ1) is 10.7. The molecule has 0 aliphatic carbocycles. The molecule has 14 heavy (non-hydrogen) atoms. The van der Waals surface area contributed by atoms with E-state index in [9.17, 15) is 8.78 Å². The summed E-state index contributed by atoms with van der Waals surface area (Å²) in [6, 6.07) is 4.22. The van der Waals surface area contributed by atoms with Crippen molar-refractivity contribution in [2.45, 2.75) is 12.8 Å². The largest absolute Gasteiger partial charge is 0.391 e. The van der Waals surface area contributed by atoms with Crippen molar-refractivity contribution in [3.05, 3.63) is 48.2 Å². The van der Waals surface area contributed by atoms with Crippen molar-refractivity contribution in [2.75, 3.05) is 6.54 Å². The van der Waals surface area contributed by atoms with Crippen LogP contribution >= 0.6 is 0 Å². The van der Waals surface area contributed by atoms with Crippen LogP contribution < -0.4 is 5.32 Å². The van der Waals surface area contributed by atoms with Crippen LogP contribution in [0, 0.1) is 11.6 Å². The van der Waals surface area contributed by atoms with E-state index >= 15 is 0 Å². The third-order valence-electron chi connectivity index (χ3n) is 2.08. The molecule has 0 amide bonds. The highest BCUT2D eigenvalue weighted by atomic mass is 19.2. The van der Waals surface area contributed by atoms with Crippen LogP contribution in [-0.4, -0.2) is 6.54 Å². The van der Waals surface area contributed by atoms with E-state index in [1.807, 2.05) is 6.92 Å². The van der Waals surface area contributed by atoms with E-state index in [1.165, 1.54) is 12.3 Å². The molecule has 1 unspecified atom stereocenters. The van der Waals surface area contributed by atoms with Gasteiger partial charge in [-0.2, -0.15) is 0 Å². The average molecular weight is 197 g/mol. The van der Waals surface area contributed by atoms with Gasteiger partial charge in [0.05, 0.1) is 0 Å². The molecule has 0 aromatic heterocycles. The molecule has 76 valence electrons. The molecule has 1 nitrogen and oxygen atoms in total. The zero-order valence-corrected chi connectivity index (χ0v) is 8.06. The number of benzene rings is 1. The van der Waals surface area contributed by atoms with Gasteiger partial charge in [-0.05, 0) is 17.8 Å². The second kappa shape index (κ2) is 4.74. The van der Waals surface area contributed by atoms with E-state index in [0.717, 1.165) is 6.07 Å². The monoisotopic (exact) mass is 197 g/mol. The first-order valence-electron chi connectivity index (χ1n) is 4.45. The molecule has 0 saturated heterocycles. The highest BCUT2D eigenvalue weighted by Crippen LogP contribution is 2.19. The van der Waals surface area contributed by atoms with Crippen LogP contribution in [0.1, 0.15) is 18.4 Å². The number of rotatable bonds is 4. The Kier molecular flexibility index (Phi) is 3.63. The van der Waals surface area contributed by atoms with Crippen LogP contribution in [0.3, 0.4) is 0 Å². The fourth-order valence-electron chi connectivity index (χ4n) is 1.27. The Morgan fingerprint density at radius 2 is 2.21 bits per heavy atom. The van der Waals surface area contributed by atoms with Crippen molar-refractivity contribution in [3.8, 4) is 0 Å². The molecule has 1 N–H and O–H groups in total. The fourth-order valence-corrected chi connectivity index (χ4v) is 1.27. The SMILES string of the molecule is C=CNCC(C)c1cccc(F)c1F. The van der Waals surface area contributed by atoms with E-state index in [-0.39, 0.29) is 5.92 Å². The van der Waals surface area contributed by atoms with Crippen molar-refractivity contribution in [3.63, 3.8) is 0 Å². The second-order valence-electron chi connectivity index (χ2n) is 3.16.